The molecule has 0 amide bonds. The fourth-order valence-corrected chi connectivity index (χ4v) is 3.13. The lowest BCUT2D eigenvalue weighted by atomic mass is 10.2. The monoisotopic (exact) mass is 312 g/mol. The topological polar surface area (TPSA) is 72.2 Å². The maximum Gasteiger partial charge on any atom is 0.262 e. The van der Waals surface area contributed by atoms with Crippen LogP contribution in [0, 0.1) is 18.6 Å². The summed E-state index contributed by atoms with van der Waals surface area (Å²) in [5, 5.41) is 0. The summed E-state index contributed by atoms with van der Waals surface area (Å²) in [5.41, 5.74) is 6.19. The van der Waals surface area contributed by atoms with Gasteiger partial charge in [-0.2, -0.15) is 0 Å². The van der Waals surface area contributed by atoms with Gasteiger partial charge in [0.25, 0.3) is 10.0 Å². The van der Waals surface area contributed by atoms with Gasteiger partial charge < -0.3 is 5.73 Å². The molecule has 21 heavy (non-hydrogen) atoms. The molecule has 0 fully saturated rings. The number of nitrogens with two attached hydrogens (primary N) is 1. The van der Waals surface area contributed by atoms with Gasteiger partial charge in [-0.15, -0.1) is 0 Å². The molecule has 0 radical (unpaired) electrons. The predicted molar refractivity (Wildman–Crippen MR) is 76.2 cm³/mol. The second kappa shape index (κ2) is 5.79. The first-order valence-corrected chi connectivity index (χ1v) is 7.59. The quantitative estimate of drug-likeness (QED) is 0.911. The summed E-state index contributed by atoms with van der Waals surface area (Å²) in [6.07, 6.45) is 0. The molecule has 2 aromatic carbocycles. The maximum absolute atomic E-state index is 13.5. The van der Waals surface area contributed by atoms with Gasteiger partial charge in [0, 0.05) is 6.54 Å². The van der Waals surface area contributed by atoms with Crippen molar-refractivity contribution in [1.29, 1.82) is 0 Å². The lowest BCUT2D eigenvalue weighted by Crippen LogP contribution is -2.16. The van der Waals surface area contributed by atoms with Gasteiger partial charge >= 0.3 is 0 Å². The summed E-state index contributed by atoms with van der Waals surface area (Å²) in [6.45, 7) is 1.51. The normalized spacial score (nSPS) is 11.4. The lowest BCUT2D eigenvalue weighted by Gasteiger charge is -2.12. The molecule has 0 aliphatic carbocycles. The molecule has 0 unspecified atom stereocenters. The summed E-state index contributed by atoms with van der Waals surface area (Å²) in [6, 6.07) is 7.26. The third-order valence-corrected chi connectivity index (χ3v) is 4.43. The first-order valence-electron chi connectivity index (χ1n) is 6.11. The average Bonchev–Trinajstić information content (AvgIpc) is 2.42. The highest BCUT2D eigenvalue weighted by atomic mass is 32.2. The standard InChI is InChI=1S/C14H14F2N2O2S/c1-9-2-5-12(7-13(9)16)18-21(19,20)14-6-11(15)4-3-10(14)8-17/h2-7,18H,8,17H2,1H3. The van der Waals surface area contributed by atoms with Crippen LogP contribution in [0.3, 0.4) is 0 Å². The molecule has 0 aromatic heterocycles. The summed E-state index contributed by atoms with van der Waals surface area (Å²) in [7, 11) is -4.04. The van der Waals surface area contributed by atoms with E-state index in [4.69, 9.17) is 5.73 Å². The highest BCUT2D eigenvalue weighted by molar-refractivity contribution is 7.92. The minimum atomic E-state index is -4.04. The number of benzene rings is 2. The first-order chi connectivity index (χ1) is 9.83. The van der Waals surface area contributed by atoms with Gasteiger partial charge in [-0.1, -0.05) is 12.1 Å². The van der Waals surface area contributed by atoms with E-state index in [-0.39, 0.29) is 22.7 Å². The number of hydrogen-bond donors (Lipinski definition) is 2. The number of hydrogen-bond acceptors (Lipinski definition) is 3. The van der Waals surface area contributed by atoms with Crippen molar-refractivity contribution < 1.29 is 17.2 Å². The zero-order chi connectivity index (χ0) is 15.6. The van der Waals surface area contributed by atoms with Gasteiger partial charge in [-0.05, 0) is 42.3 Å². The van der Waals surface area contributed by atoms with Crippen molar-refractivity contribution in [3.8, 4) is 0 Å². The largest absolute Gasteiger partial charge is 0.326 e. The molecule has 0 atom stereocenters. The Labute approximate surface area is 121 Å². The smallest absolute Gasteiger partial charge is 0.262 e. The van der Waals surface area contributed by atoms with E-state index in [1.165, 1.54) is 18.2 Å². The SMILES string of the molecule is Cc1ccc(NS(=O)(=O)c2cc(F)ccc2CN)cc1F. The van der Waals surface area contributed by atoms with Crippen molar-refractivity contribution in [2.24, 2.45) is 5.73 Å². The van der Waals surface area contributed by atoms with Crippen LogP contribution in [0.15, 0.2) is 41.3 Å². The van der Waals surface area contributed by atoms with Crippen molar-refractivity contribution >= 4 is 15.7 Å². The molecule has 2 aromatic rings. The Bertz CT molecular complexity index is 777. The zero-order valence-corrected chi connectivity index (χ0v) is 12.0. The number of halogens is 2. The van der Waals surface area contributed by atoms with Crippen LogP contribution in [0.25, 0.3) is 0 Å². The number of sulfonamides is 1. The molecular weight excluding hydrogens is 298 g/mol. The average molecular weight is 312 g/mol. The van der Waals surface area contributed by atoms with Crippen molar-refractivity contribution in [3.63, 3.8) is 0 Å². The molecule has 0 spiro atoms. The molecule has 2 rings (SSSR count). The van der Waals surface area contributed by atoms with E-state index >= 15 is 0 Å². The van der Waals surface area contributed by atoms with Gasteiger partial charge in [-0.3, -0.25) is 4.72 Å². The molecular formula is C14H14F2N2O2S. The van der Waals surface area contributed by atoms with E-state index in [9.17, 15) is 17.2 Å². The third-order valence-electron chi connectivity index (χ3n) is 2.96. The van der Waals surface area contributed by atoms with E-state index < -0.39 is 21.7 Å². The zero-order valence-electron chi connectivity index (χ0n) is 11.2. The summed E-state index contributed by atoms with van der Waals surface area (Å²) in [5.74, 6) is -1.23. The Balaban J connectivity index is 2.42. The molecule has 0 heterocycles. The predicted octanol–water partition coefficient (Wildman–Crippen LogP) is 2.53. The molecule has 0 aliphatic rings. The maximum atomic E-state index is 13.5. The van der Waals surface area contributed by atoms with Gasteiger partial charge in [0.1, 0.15) is 11.6 Å². The van der Waals surface area contributed by atoms with Crippen LogP contribution in [-0.4, -0.2) is 8.42 Å². The Morgan fingerprint density at radius 1 is 1.14 bits per heavy atom. The Morgan fingerprint density at radius 2 is 1.86 bits per heavy atom. The number of aryl methyl sites for hydroxylation is 1. The first kappa shape index (κ1) is 15.4. The highest BCUT2D eigenvalue weighted by Gasteiger charge is 2.19. The Kier molecular flexibility index (Phi) is 4.24. The van der Waals surface area contributed by atoms with Crippen LogP contribution in [0.2, 0.25) is 0 Å². The number of anilines is 1. The Hall–Kier alpha value is -1.99. The van der Waals surface area contributed by atoms with Gasteiger partial charge in [0.05, 0.1) is 10.6 Å². The molecule has 0 bridgehead atoms. The molecule has 4 nitrogen and oxygen atoms in total. The second-order valence-electron chi connectivity index (χ2n) is 4.53. The van der Waals surface area contributed by atoms with Crippen molar-refractivity contribution in [3.05, 3.63) is 59.2 Å². The van der Waals surface area contributed by atoms with E-state index in [0.717, 1.165) is 18.2 Å². The third kappa shape index (κ3) is 3.37. The molecule has 0 saturated carbocycles. The summed E-state index contributed by atoms with van der Waals surface area (Å²) < 4.78 is 53.5. The molecule has 0 saturated heterocycles. The molecule has 3 N–H and O–H groups in total. The number of rotatable bonds is 4. The Morgan fingerprint density at radius 3 is 2.48 bits per heavy atom. The summed E-state index contributed by atoms with van der Waals surface area (Å²) in [4.78, 5) is -0.258. The van der Waals surface area contributed by atoms with Crippen LogP contribution in [0.4, 0.5) is 14.5 Å². The van der Waals surface area contributed by atoms with Crippen LogP contribution < -0.4 is 10.5 Å². The van der Waals surface area contributed by atoms with Crippen LogP contribution in [0.5, 0.6) is 0 Å². The number of nitrogens with one attached hydrogen (secondary N) is 1. The van der Waals surface area contributed by atoms with Crippen molar-refractivity contribution in [1.82, 2.24) is 0 Å². The van der Waals surface area contributed by atoms with Crippen LogP contribution in [-0.2, 0) is 16.6 Å². The molecule has 0 aliphatic heterocycles. The lowest BCUT2D eigenvalue weighted by molar-refractivity contribution is 0.593. The van der Waals surface area contributed by atoms with E-state index in [2.05, 4.69) is 4.72 Å². The fourth-order valence-electron chi connectivity index (χ4n) is 1.81. The van der Waals surface area contributed by atoms with E-state index in [1.807, 2.05) is 0 Å². The van der Waals surface area contributed by atoms with Gasteiger partial charge in [-0.25, -0.2) is 17.2 Å². The molecule has 112 valence electrons. The van der Waals surface area contributed by atoms with E-state index in [1.54, 1.807) is 6.92 Å². The fraction of sp³-hybridized carbons (Fsp3) is 0.143. The van der Waals surface area contributed by atoms with E-state index in [0.29, 0.717) is 5.56 Å². The second-order valence-corrected chi connectivity index (χ2v) is 6.18. The minimum absolute atomic E-state index is 0.0568. The van der Waals surface area contributed by atoms with Gasteiger partial charge in [0.2, 0.25) is 0 Å². The summed E-state index contributed by atoms with van der Waals surface area (Å²) >= 11 is 0. The minimum Gasteiger partial charge on any atom is -0.326 e. The molecule has 7 heteroatoms. The van der Waals surface area contributed by atoms with Crippen molar-refractivity contribution in [2.75, 3.05) is 4.72 Å². The van der Waals surface area contributed by atoms with Crippen LogP contribution in [0.1, 0.15) is 11.1 Å². The van der Waals surface area contributed by atoms with Gasteiger partial charge in [0.15, 0.2) is 0 Å². The van der Waals surface area contributed by atoms with Crippen LogP contribution >= 0.6 is 0 Å². The highest BCUT2D eigenvalue weighted by Crippen LogP contribution is 2.22. The van der Waals surface area contributed by atoms with Crippen molar-refractivity contribution in [2.45, 2.75) is 18.4 Å².